The highest BCUT2D eigenvalue weighted by Crippen LogP contribution is 2.17. The Morgan fingerprint density at radius 3 is 2.81 bits per heavy atom. The molecule has 16 heavy (non-hydrogen) atoms. The Bertz CT molecular complexity index is 325. The van der Waals surface area contributed by atoms with Crippen molar-refractivity contribution in [3.05, 3.63) is 24.3 Å². The summed E-state index contributed by atoms with van der Waals surface area (Å²) in [6.45, 7) is 2.35. The van der Waals surface area contributed by atoms with Gasteiger partial charge in [0.1, 0.15) is 6.04 Å². The summed E-state index contributed by atoms with van der Waals surface area (Å²) in [6, 6.07) is -0.693. The lowest BCUT2D eigenvalue weighted by atomic mass is 10.2. The van der Waals surface area contributed by atoms with E-state index in [2.05, 4.69) is 0 Å². The molecule has 1 aliphatic rings. The second-order valence-electron chi connectivity index (χ2n) is 3.35. The van der Waals surface area contributed by atoms with Crippen LogP contribution in [0.3, 0.4) is 0 Å². The van der Waals surface area contributed by atoms with Crippen molar-refractivity contribution in [3.63, 3.8) is 0 Å². The molecule has 1 amide bonds. The zero-order valence-corrected chi connectivity index (χ0v) is 9.94. The Morgan fingerprint density at radius 1 is 1.44 bits per heavy atom. The average molecular weight is 241 g/mol. The van der Waals surface area contributed by atoms with Gasteiger partial charge in [0.25, 0.3) is 0 Å². The van der Waals surface area contributed by atoms with Crippen molar-refractivity contribution < 1.29 is 14.7 Å². The van der Waals surface area contributed by atoms with Crippen LogP contribution in [0.25, 0.3) is 0 Å². The molecule has 4 nitrogen and oxygen atoms in total. The molecule has 1 fully saturated rings. The summed E-state index contributed by atoms with van der Waals surface area (Å²) >= 11 is 1.57. The molecule has 0 saturated carbocycles. The lowest BCUT2D eigenvalue weighted by Gasteiger charge is -2.31. The molecule has 1 atom stereocenters. The third-order valence-electron chi connectivity index (χ3n) is 2.24. The van der Waals surface area contributed by atoms with Crippen LogP contribution in [0.2, 0.25) is 0 Å². The molecule has 1 saturated heterocycles. The molecule has 1 N–H and O–H groups in total. The van der Waals surface area contributed by atoms with Gasteiger partial charge in [-0.25, -0.2) is 4.79 Å². The van der Waals surface area contributed by atoms with Gasteiger partial charge in [-0.05, 0) is 6.92 Å². The van der Waals surface area contributed by atoms with Gasteiger partial charge in [-0.15, -0.1) is 0 Å². The Morgan fingerprint density at radius 2 is 2.19 bits per heavy atom. The SMILES string of the molecule is C/C=C/C=CC(=O)N1CCSCC1C(=O)O. The van der Waals surface area contributed by atoms with Crippen molar-refractivity contribution in [1.82, 2.24) is 4.90 Å². The van der Waals surface area contributed by atoms with Crippen molar-refractivity contribution in [2.75, 3.05) is 18.1 Å². The minimum Gasteiger partial charge on any atom is -0.480 e. The van der Waals surface area contributed by atoms with E-state index in [0.717, 1.165) is 5.75 Å². The molecular formula is C11H15NO3S. The molecule has 88 valence electrons. The third-order valence-corrected chi connectivity index (χ3v) is 3.26. The monoisotopic (exact) mass is 241 g/mol. The van der Waals surface area contributed by atoms with E-state index in [0.29, 0.717) is 12.3 Å². The highest BCUT2D eigenvalue weighted by atomic mass is 32.2. The highest BCUT2D eigenvalue weighted by molar-refractivity contribution is 7.99. The molecule has 0 aliphatic carbocycles. The minimum absolute atomic E-state index is 0.231. The summed E-state index contributed by atoms with van der Waals surface area (Å²) in [4.78, 5) is 24.1. The largest absolute Gasteiger partial charge is 0.480 e. The normalized spacial score (nSPS) is 21.8. The van der Waals surface area contributed by atoms with Crippen LogP contribution in [0.4, 0.5) is 0 Å². The predicted molar refractivity (Wildman–Crippen MR) is 64.4 cm³/mol. The zero-order valence-electron chi connectivity index (χ0n) is 9.13. The quantitative estimate of drug-likeness (QED) is 0.595. The Balaban J connectivity index is 2.67. The van der Waals surface area contributed by atoms with Gasteiger partial charge < -0.3 is 10.0 Å². The van der Waals surface area contributed by atoms with Crippen LogP contribution in [0.1, 0.15) is 6.92 Å². The van der Waals surface area contributed by atoms with E-state index in [1.54, 1.807) is 23.9 Å². The number of hydrogen-bond donors (Lipinski definition) is 1. The fourth-order valence-electron chi connectivity index (χ4n) is 1.42. The van der Waals surface area contributed by atoms with Crippen LogP contribution in [0, 0.1) is 0 Å². The van der Waals surface area contributed by atoms with Crippen molar-refractivity contribution in [3.8, 4) is 0 Å². The lowest BCUT2D eigenvalue weighted by Crippen LogP contribution is -2.49. The number of amides is 1. The van der Waals surface area contributed by atoms with Crippen LogP contribution < -0.4 is 0 Å². The molecule has 1 aliphatic heterocycles. The van der Waals surface area contributed by atoms with Gasteiger partial charge in [-0.2, -0.15) is 11.8 Å². The molecule has 5 heteroatoms. The maximum Gasteiger partial charge on any atom is 0.327 e. The first-order chi connectivity index (χ1) is 7.66. The number of rotatable bonds is 3. The van der Waals surface area contributed by atoms with Crippen LogP contribution in [-0.2, 0) is 9.59 Å². The molecule has 0 aromatic heterocycles. The van der Waals surface area contributed by atoms with Crippen molar-refractivity contribution in [2.24, 2.45) is 0 Å². The predicted octanol–water partition coefficient (Wildman–Crippen LogP) is 1.15. The summed E-state index contributed by atoms with van der Waals surface area (Å²) in [6.07, 6.45) is 6.59. The number of thioether (sulfide) groups is 1. The topological polar surface area (TPSA) is 57.6 Å². The number of allylic oxidation sites excluding steroid dienone is 3. The fourth-order valence-corrected chi connectivity index (χ4v) is 2.46. The van der Waals surface area contributed by atoms with E-state index in [1.165, 1.54) is 11.0 Å². The van der Waals surface area contributed by atoms with Crippen LogP contribution in [0.15, 0.2) is 24.3 Å². The second kappa shape index (κ2) is 6.37. The third kappa shape index (κ3) is 3.41. The molecule has 1 rings (SSSR count). The number of carboxylic acids is 1. The first kappa shape index (κ1) is 12.8. The van der Waals surface area contributed by atoms with Gasteiger partial charge >= 0.3 is 5.97 Å². The number of nitrogens with zero attached hydrogens (tertiary/aromatic N) is 1. The van der Waals surface area contributed by atoms with Crippen LogP contribution in [-0.4, -0.2) is 46.0 Å². The molecule has 0 aromatic carbocycles. The maximum absolute atomic E-state index is 11.7. The zero-order chi connectivity index (χ0) is 12.0. The summed E-state index contributed by atoms with van der Waals surface area (Å²) in [7, 11) is 0. The number of hydrogen-bond acceptors (Lipinski definition) is 3. The molecule has 0 bridgehead atoms. The summed E-state index contributed by atoms with van der Waals surface area (Å²) in [5, 5.41) is 8.98. The number of aliphatic carboxylic acids is 1. The van der Waals surface area contributed by atoms with Crippen LogP contribution >= 0.6 is 11.8 Å². The first-order valence-corrected chi connectivity index (χ1v) is 6.22. The Hall–Kier alpha value is -1.23. The Labute approximate surface area is 99.0 Å². The summed E-state index contributed by atoms with van der Waals surface area (Å²) in [5.41, 5.74) is 0. The molecule has 0 spiro atoms. The average Bonchev–Trinajstić information content (AvgIpc) is 2.29. The van der Waals surface area contributed by atoms with E-state index in [4.69, 9.17) is 5.11 Å². The van der Waals surface area contributed by atoms with E-state index in [-0.39, 0.29) is 5.91 Å². The van der Waals surface area contributed by atoms with Gasteiger partial charge in [0.15, 0.2) is 0 Å². The van der Waals surface area contributed by atoms with Gasteiger partial charge in [0, 0.05) is 24.1 Å². The van der Waals surface area contributed by atoms with E-state index >= 15 is 0 Å². The standard InChI is InChI=1S/C11H15NO3S/c1-2-3-4-5-10(13)12-6-7-16-8-9(12)11(14)15/h2-5,9H,6-8H2,1H3,(H,14,15)/b3-2+,5-4?. The van der Waals surface area contributed by atoms with E-state index < -0.39 is 12.0 Å². The number of carbonyl (C=O) groups excluding carboxylic acids is 1. The van der Waals surface area contributed by atoms with E-state index in [1.807, 2.05) is 13.0 Å². The molecule has 1 heterocycles. The summed E-state index contributed by atoms with van der Waals surface area (Å²) in [5.74, 6) is 0.108. The number of carbonyl (C=O) groups is 2. The lowest BCUT2D eigenvalue weighted by molar-refractivity contribution is -0.147. The molecule has 0 radical (unpaired) electrons. The van der Waals surface area contributed by atoms with Gasteiger partial charge in [-0.3, -0.25) is 4.79 Å². The fraction of sp³-hybridized carbons (Fsp3) is 0.455. The molecule has 0 aromatic rings. The minimum atomic E-state index is -0.931. The van der Waals surface area contributed by atoms with Gasteiger partial charge in [0.05, 0.1) is 0 Å². The van der Waals surface area contributed by atoms with Crippen molar-refractivity contribution >= 4 is 23.6 Å². The van der Waals surface area contributed by atoms with Gasteiger partial charge in [0.2, 0.25) is 5.91 Å². The first-order valence-electron chi connectivity index (χ1n) is 5.07. The summed E-state index contributed by atoms with van der Waals surface area (Å²) < 4.78 is 0. The number of carboxylic acid groups (broad SMARTS) is 1. The highest BCUT2D eigenvalue weighted by Gasteiger charge is 2.30. The van der Waals surface area contributed by atoms with Gasteiger partial charge in [-0.1, -0.05) is 18.2 Å². The smallest absolute Gasteiger partial charge is 0.327 e. The second-order valence-corrected chi connectivity index (χ2v) is 4.50. The van der Waals surface area contributed by atoms with Crippen molar-refractivity contribution in [2.45, 2.75) is 13.0 Å². The van der Waals surface area contributed by atoms with Crippen molar-refractivity contribution in [1.29, 1.82) is 0 Å². The molecular weight excluding hydrogens is 226 g/mol. The van der Waals surface area contributed by atoms with Crippen LogP contribution in [0.5, 0.6) is 0 Å². The Kier molecular flexibility index (Phi) is 5.11. The van der Waals surface area contributed by atoms with E-state index in [9.17, 15) is 9.59 Å². The maximum atomic E-state index is 11.7. The molecule has 1 unspecified atom stereocenters.